The molecule has 1 aromatic carbocycles. The van der Waals surface area contributed by atoms with Gasteiger partial charge in [0.25, 0.3) is 5.56 Å². The highest BCUT2D eigenvalue weighted by molar-refractivity contribution is 5.76. The van der Waals surface area contributed by atoms with Crippen LogP contribution in [0.1, 0.15) is 19.8 Å². The highest BCUT2D eigenvalue weighted by atomic mass is 19.1. The first-order valence-corrected chi connectivity index (χ1v) is 9.93. The molecule has 30 heavy (non-hydrogen) atoms. The first kappa shape index (κ1) is 20.2. The number of benzene rings is 1. The number of pyridine rings is 1. The zero-order chi connectivity index (χ0) is 21.3. The standard InChI is InChI=1S/C21H23F2N5O2/c1-3-28-8-6-15(7-9-28)25-21-24-12-13-10-18(20(29)27(2)19(13)26-21)30-17-5-4-14(22)11-16(17)23/h4-5,10-12,15H,3,6-9H2,1-2H3,(H,24,25,26). The Balaban J connectivity index is 1.59. The number of halogens is 2. The fourth-order valence-corrected chi connectivity index (χ4v) is 3.61. The van der Waals surface area contributed by atoms with Gasteiger partial charge in [0.05, 0.1) is 0 Å². The van der Waals surface area contributed by atoms with Crippen molar-refractivity contribution in [3.8, 4) is 11.5 Å². The van der Waals surface area contributed by atoms with Crippen molar-refractivity contribution in [3.63, 3.8) is 0 Å². The Kier molecular flexibility index (Phi) is 5.63. The number of likely N-dealkylation sites (tertiary alicyclic amines) is 1. The maximum absolute atomic E-state index is 13.9. The van der Waals surface area contributed by atoms with Gasteiger partial charge in [-0.05, 0) is 37.6 Å². The predicted molar refractivity (Wildman–Crippen MR) is 110 cm³/mol. The number of piperidine rings is 1. The number of aromatic nitrogens is 3. The summed E-state index contributed by atoms with van der Waals surface area (Å²) in [5.74, 6) is -1.47. The van der Waals surface area contributed by atoms with Gasteiger partial charge in [-0.3, -0.25) is 9.36 Å². The molecule has 0 amide bonds. The summed E-state index contributed by atoms with van der Waals surface area (Å²) in [7, 11) is 1.56. The van der Waals surface area contributed by atoms with Gasteiger partial charge in [0.1, 0.15) is 11.5 Å². The quantitative estimate of drug-likeness (QED) is 0.690. The molecule has 0 atom stereocenters. The lowest BCUT2D eigenvalue weighted by molar-refractivity contribution is 0.229. The zero-order valence-corrected chi connectivity index (χ0v) is 16.9. The molecule has 0 aliphatic carbocycles. The monoisotopic (exact) mass is 415 g/mol. The Morgan fingerprint density at radius 2 is 1.97 bits per heavy atom. The van der Waals surface area contributed by atoms with Crippen LogP contribution in [0.5, 0.6) is 11.5 Å². The minimum absolute atomic E-state index is 0.0910. The Labute approximate surface area is 172 Å². The number of ether oxygens (including phenoxy) is 1. The summed E-state index contributed by atoms with van der Waals surface area (Å²) in [5, 5.41) is 3.92. The van der Waals surface area contributed by atoms with E-state index in [9.17, 15) is 13.6 Å². The summed E-state index contributed by atoms with van der Waals surface area (Å²) < 4.78 is 33.7. The van der Waals surface area contributed by atoms with Gasteiger partial charge >= 0.3 is 0 Å². The molecule has 0 unspecified atom stereocenters. The van der Waals surface area contributed by atoms with Crippen molar-refractivity contribution in [1.29, 1.82) is 0 Å². The lowest BCUT2D eigenvalue weighted by Gasteiger charge is -2.31. The molecule has 0 bridgehead atoms. The number of anilines is 1. The maximum atomic E-state index is 13.9. The van der Waals surface area contributed by atoms with Crippen molar-refractivity contribution in [2.24, 2.45) is 7.05 Å². The van der Waals surface area contributed by atoms with Crippen molar-refractivity contribution in [2.75, 3.05) is 25.0 Å². The largest absolute Gasteiger partial charge is 0.448 e. The minimum Gasteiger partial charge on any atom is -0.448 e. The van der Waals surface area contributed by atoms with Crippen LogP contribution in [0.4, 0.5) is 14.7 Å². The van der Waals surface area contributed by atoms with E-state index in [4.69, 9.17) is 4.74 Å². The van der Waals surface area contributed by atoms with Gasteiger partial charge < -0.3 is 15.0 Å². The van der Waals surface area contributed by atoms with Crippen LogP contribution in [0, 0.1) is 11.6 Å². The van der Waals surface area contributed by atoms with Crippen molar-refractivity contribution in [1.82, 2.24) is 19.4 Å². The second-order valence-electron chi connectivity index (χ2n) is 7.37. The van der Waals surface area contributed by atoms with Crippen molar-refractivity contribution < 1.29 is 13.5 Å². The van der Waals surface area contributed by atoms with Gasteiger partial charge in [0.15, 0.2) is 17.3 Å². The number of nitrogens with one attached hydrogen (secondary N) is 1. The summed E-state index contributed by atoms with van der Waals surface area (Å²) >= 11 is 0. The van der Waals surface area contributed by atoms with E-state index in [1.165, 1.54) is 10.6 Å². The summed E-state index contributed by atoms with van der Waals surface area (Å²) in [6, 6.07) is 4.65. The minimum atomic E-state index is -0.887. The Morgan fingerprint density at radius 1 is 1.20 bits per heavy atom. The molecule has 1 aliphatic rings. The molecule has 7 nitrogen and oxygen atoms in total. The van der Waals surface area contributed by atoms with E-state index in [1.54, 1.807) is 13.2 Å². The number of nitrogens with zero attached hydrogens (tertiary/aromatic N) is 4. The van der Waals surface area contributed by atoms with Crippen LogP contribution in [0.15, 0.2) is 35.3 Å². The van der Waals surface area contributed by atoms with Gasteiger partial charge in [-0.15, -0.1) is 0 Å². The molecule has 0 radical (unpaired) electrons. The molecule has 0 spiro atoms. The van der Waals surface area contributed by atoms with E-state index in [1.807, 2.05) is 0 Å². The molecule has 9 heteroatoms. The normalized spacial score (nSPS) is 15.5. The third-order valence-corrected chi connectivity index (χ3v) is 5.40. The van der Waals surface area contributed by atoms with Crippen LogP contribution in [0.3, 0.4) is 0 Å². The van der Waals surface area contributed by atoms with Crippen LogP contribution >= 0.6 is 0 Å². The molecule has 2 aromatic heterocycles. The van der Waals surface area contributed by atoms with Gasteiger partial charge in [0.2, 0.25) is 5.95 Å². The van der Waals surface area contributed by atoms with Crippen molar-refractivity contribution in [2.45, 2.75) is 25.8 Å². The number of aryl methyl sites for hydroxylation is 1. The average Bonchev–Trinajstić information content (AvgIpc) is 2.74. The van der Waals surface area contributed by atoms with Gasteiger partial charge in [-0.1, -0.05) is 6.92 Å². The van der Waals surface area contributed by atoms with Crippen LogP contribution < -0.4 is 15.6 Å². The first-order chi connectivity index (χ1) is 14.4. The lowest BCUT2D eigenvalue weighted by atomic mass is 10.1. The highest BCUT2D eigenvalue weighted by Gasteiger charge is 2.19. The van der Waals surface area contributed by atoms with E-state index in [-0.39, 0.29) is 17.5 Å². The number of hydrogen-bond donors (Lipinski definition) is 1. The fraction of sp³-hybridized carbons (Fsp3) is 0.381. The van der Waals surface area contributed by atoms with Crippen molar-refractivity contribution in [3.05, 3.63) is 52.5 Å². The SMILES string of the molecule is CCN1CCC(Nc2ncc3cc(Oc4ccc(F)cc4F)c(=O)n(C)c3n2)CC1. The Bertz CT molecular complexity index is 1130. The summed E-state index contributed by atoms with van der Waals surface area (Å²) in [4.78, 5) is 23.9. The van der Waals surface area contributed by atoms with Gasteiger partial charge in [-0.25, -0.2) is 13.8 Å². The molecule has 0 saturated carbocycles. The maximum Gasteiger partial charge on any atom is 0.294 e. The molecule has 1 aliphatic heterocycles. The number of hydrogen-bond acceptors (Lipinski definition) is 6. The first-order valence-electron chi connectivity index (χ1n) is 9.93. The molecule has 4 rings (SSSR count). The van der Waals surface area contributed by atoms with Crippen molar-refractivity contribution >= 4 is 17.0 Å². The molecule has 3 aromatic rings. The molecular weight excluding hydrogens is 392 g/mol. The van der Waals surface area contributed by atoms with Gasteiger partial charge in [-0.2, -0.15) is 4.98 Å². The topological polar surface area (TPSA) is 72.3 Å². The molecule has 3 heterocycles. The summed E-state index contributed by atoms with van der Waals surface area (Å²) in [5.41, 5.74) is -0.0393. The lowest BCUT2D eigenvalue weighted by Crippen LogP contribution is -2.39. The van der Waals surface area contributed by atoms with Crippen LogP contribution in [-0.2, 0) is 7.05 Å². The van der Waals surface area contributed by atoms with E-state index >= 15 is 0 Å². The van der Waals surface area contributed by atoms with Gasteiger partial charge in [0, 0.05) is 43.8 Å². The fourth-order valence-electron chi connectivity index (χ4n) is 3.61. The molecule has 1 N–H and O–H groups in total. The zero-order valence-electron chi connectivity index (χ0n) is 16.9. The second kappa shape index (κ2) is 8.35. The third kappa shape index (κ3) is 4.11. The molecular formula is C21H23F2N5O2. The van der Waals surface area contributed by atoms with E-state index in [0.717, 1.165) is 44.6 Å². The molecule has 158 valence electrons. The average molecular weight is 415 g/mol. The second-order valence-corrected chi connectivity index (χ2v) is 7.37. The van der Waals surface area contributed by atoms with E-state index in [2.05, 4.69) is 27.1 Å². The summed E-state index contributed by atoms with van der Waals surface area (Å²) in [6.07, 6.45) is 3.60. The van der Waals surface area contributed by atoms with E-state index in [0.29, 0.717) is 23.0 Å². The third-order valence-electron chi connectivity index (χ3n) is 5.40. The van der Waals surface area contributed by atoms with Crippen LogP contribution in [0.25, 0.3) is 11.0 Å². The Hall–Kier alpha value is -3.07. The molecule has 1 saturated heterocycles. The molecule has 1 fully saturated rings. The predicted octanol–water partition coefficient (Wildman–Crippen LogP) is 3.30. The Morgan fingerprint density at radius 3 is 2.67 bits per heavy atom. The highest BCUT2D eigenvalue weighted by Crippen LogP contribution is 2.25. The van der Waals surface area contributed by atoms with Crippen LogP contribution in [0.2, 0.25) is 0 Å². The number of rotatable bonds is 5. The smallest absolute Gasteiger partial charge is 0.294 e. The van der Waals surface area contributed by atoms with E-state index < -0.39 is 17.2 Å². The number of fused-ring (bicyclic) bond motifs is 1. The summed E-state index contributed by atoms with van der Waals surface area (Å²) in [6.45, 7) is 5.26. The van der Waals surface area contributed by atoms with Crippen LogP contribution in [-0.4, -0.2) is 45.1 Å².